The molecule has 1 aliphatic carbocycles. The van der Waals surface area contributed by atoms with Gasteiger partial charge in [-0.3, -0.25) is 14.4 Å². The summed E-state index contributed by atoms with van der Waals surface area (Å²) in [6, 6.07) is 1.32. The highest BCUT2D eigenvalue weighted by atomic mass is 16.7. The van der Waals surface area contributed by atoms with E-state index in [9.17, 15) is 44.7 Å². The highest BCUT2D eigenvalue weighted by Crippen LogP contribution is 2.57. The van der Waals surface area contributed by atoms with E-state index in [0.29, 0.717) is 5.56 Å². The lowest BCUT2D eigenvalue weighted by atomic mass is 9.84. The molecule has 2 aromatic rings. The van der Waals surface area contributed by atoms with Crippen molar-refractivity contribution in [3.8, 4) is 28.7 Å². The van der Waals surface area contributed by atoms with Gasteiger partial charge in [-0.2, -0.15) is 0 Å². The zero-order valence-electron chi connectivity index (χ0n) is 19.6. The number of carbonyl (C=O) groups is 4. The lowest BCUT2D eigenvalue weighted by Crippen LogP contribution is -2.60. The van der Waals surface area contributed by atoms with Crippen LogP contribution in [0, 0.1) is 0 Å². The minimum absolute atomic E-state index is 0.166. The lowest BCUT2D eigenvalue weighted by molar-refractivity contribution is -0.190. The number of aromatic hydroxyl groups is 3. The molecule has 4 aliphatic rings. The number of hydrogen-bond donors (Lipinski definition) is 5. The Bertz CT molecular complexity index is 1570. The van der Waals surface area contributed by atoms with Crippen LogP contribution < -0.4 is 9.47 Å². The highest BCUT2D eigenvalue weighted by Gasteiger charge is 2.64. The number of rotatable bonds is 1. The quantitative estimate of drug-likeness (QED) is 0.255. The molecule has 5 N–H and O–H groups in total. The number of carbonyl (C=O) groups excluding carboxylic acids is 4. The van der Waals surface area contributed by atoms with Gasteiger partial charge in [0, 0.05) is 18.1 Å². The molecule has 0 radical (unpaired) electrons. The zero-order chi connectivity index (χ0) is 27.4. The van der Waals surface area contributed by atoms with Crippen LogP contribution in [0.2, 0.25) is 0 Å². The van der Waals surface area contributed by atoms with Gasteiger partial charge in [0.2, 0.25) is 5.78 Å². The molecule has 3 heterocycles. The minimum atomic E-state index is -2.89. The number of esters is 1. The van der Waals surface area contributed by atoms with Crippen molar-refractivity contribution in [3.05, 3.63) is 51.3 Å². The fraction of sp³-hybridized carbons (Fsp3) is 0.280. The van der Waals surface area contributed by atoms with E-state index in [1.54, 1.807) is 6.92 Å². The summed E-state index contributed by atoms with van der Waals surface area (Å²) in [4.78, 5) is 51.5. The average Bonchev–Trinajstić information content (AvgIpc) is 3.16. The van der Waals surface area contributed by atoms with Gasteiger partial charge in [0.15, 0.2) is 40.6 Å². The van der Waals surface area contributed by atoms with E-state index in [1.165, 1.54) is 6.07 Å². The Labute approximate surface area is 212 Å². The van der Waals surface area contributed by atoms with E-state index in [0.717, 1.165) is 13.2 Å². The molecule has 6 rings (SSSR count). The molecule has 38 heavy (non-hydrogen) atoms. The number of ketones is 3. The van der Waals surface area contributed by atoms with Gasteiger partial charge in [-0.05, 0) is 18.6 Å². The summed E-state index contributed by atoms with van der Waals surface area (Å²) in [7, 11) is 1.11. The molecule has 1 spiro atoms. The third-order valence-corrected chi connectivity index (χ3v) is 7.02. The van der Waals surface area contributed by atoms with Gasteiger partial charge in [0.25, 0.3) is 5.78 Å². The molecular weight excluding hydrogens is 508 g/mol. The van der Waals surface area contributed by atoms with Gasteiger partial charge in [-0.1, -0.05) is 0 Å². The number of allylic oxidation sites excluding steroid dienone is 2. The number of cyclic esters (lactones) is 1. The number of aliphatic hydroxyl groups is 2. The first-order valence-electron chi connectivity index (χ1n) is 11.3. The number of phenolic OH excluding ortho intramolecular Hbond substituents is 3. The molecule has 0 aromatic heterocycles. The van der Waals surface area contributed by atoms with E-state index in [4.69, 9.17) is 18.9 Å². The number of methoxy groups -OCH3 is 1. The van der Waals surface area contributed by atoms with Gasteiger partial charge in [-0.25, -0.2) is 4.79 Å². The van der Waals surface area contributed by atoms with E-state index < -0.39 is 98.6 Å². The molecule has 13 nitrogen and oxygen atoms in total. The number of hydrogen-bond acceptors (Lipinski definition) is 13. The average molecular weight is 526 g/mol. The molecular formula is C25H18O13. The Morgan fingerprint density at radius 2 is 1.58 bits per heavy atom. The predicted molar refractivity (Wildman–Crippen MR) is 119 cm³/mol. The van der Waals surface area contributed by atoms with Crippen molar-refractivity contribution in [2.45, 2.75) is 37.4 Å². The second kappa shape index (κ2) is 7.46. The fourth-order valence-electron chi connectivity index (χ4n) is 5.26. The Morgan fingerprint density at radius 1 is 0.921 bits per heavy atom. The lowest BCUT2D eigenvalue weighted by Gasteiger charge is -2.40. The number of aliphatic hydroxyl groups excluding tert-OH is 2. The smallest absolute Gasteiger partial charge is 0.346 e. The van der Waals surface area contributed by atoms with E-state index in [1.807, 2.05) is 0 Å². The first-order valence-corrected chi connectivity index (χ1v) is 11.3. The largest absolute Gasteiger partial charge is 0.506 e. The monoisotopic (exact) mass is 526 g/mol. The van der Waals surface area contributed by atoms with Gasteiger partial charge < -0.3 is 44.5 Å². The molecule has 13 heteroatoms. The SMILES string of the molecule is COC1=CC(=O)c2c(O)c3c(c(O)c2C1=O)OC1(Oc2c(cc4c(c2O)C(=O)OC(C)C4)[C@@H](O)[C@@H]1O)C3=O. The maximum Gasteiger partial charge on any atom is 0.346 e. The van der Waals surface area contributed by atoms with Crippen LogP contribution in [-0.4, -0.2) is 74.0 Å². The molecule has 0 amide bonds. The van der Waals surface area contributed by atoms with Crippen LogP contribution >= 0.6 is 0 Å². The van der Waals surface area contributed by atoms with Crippen molar-refractivity contribution in [2.24, 2.45) is 0 Å². The molecule has 4 atom stereocenters. The van der Waals surface area contributed by atoms with Crippen LogP contribution in [-0.2, 0) is 15.9 Å². The Kier molecular flexibility index (Phi) is 4.66. The maximum absolute atomic E-state index is 13.6. The van der Waals surface area contributed by atoms with Gasteiger partial charge in [0.05, 0.1) is 18.2 Å². The molecule has 3 aliphatic heterocycles. The Balaban J connectivity index is 1.53. The Hall–Kier alpha value is -4.62. The molecule has 0 saturated carbocycles. The summed E-state index contributed by atoms with van der Waals surface area (Å²) < 4.78 is 21.1. The van der Waals surface area contributed by atoms with E-state index in [-0.39, 0.29) is 17.5 Å². The topological polar surface area (TPSA) is 206 Å². The van der Waals surface area contributed by atoms with E-state index in [2.05, 4.69) is 0 Å². The van der Waals surface area contributed by atoms with Crippen molar-refractivity contribution >= 4 is 23.3 Å². The summed E-state index contributed by atoms with van der Waals surface area (Å²) in [6.07, 6.45) is -3.71. The number of fused-ring (bicyclic) bond motifs is 4. The van der Waals surface area contributed by atoms with Crippen molar-refractivity contribution < 1.29 is 63.7 Å². The molecule has 2 aromatic carbocycles. The van der Waals surface area contributed by atoms with Crippen molar-refractivity contribution in [1.82, 2.24) is 0 Å². The fourth-order valence-corrected chi connectivity index (χ4v) is 5.26. The molecule has 2 unspecified atom stereocenters. The van der Waals surface area contributed by atoms with Gasteiger partial charge in [-0.15, -0.1) is 0 Å². The van der Waals surface area contributed by atoms with Gasteiger partial charge >= 0.3 is 11.8 Å². The number of ether oxygens (including phenoxy) is 4. The van der Waals surface area contributed by atoms with Crippen LogP contribution in [0.25, 0.3) is 0 Å². The van der Waals surface area contributed by atoms with Gasteiger partial charge in [0.1, 0.15) is 29.1 Å². The minimum Gasteiger partial charge on any atom is -0.506 e. The summed E-state index contributed by atoms with van der Waals surface area (Å²) in [5.41, 5.74) is -2.37. The van der Waals surface area contributed by atoms with Crippen LogP contribution in [0.4, 0.5) is 0 Å². The number of benzene rings is 2. The van der Waals surface area contributed by atoms with Crippen LogP contribution in [0.1, 0.15) is 65.6 Å². The second-order valence-electron chi connectivity index (χ2n) is 9.25. The third kappa shape index (κ3) is 2.71. The summed E-state index contributed by atoms with van der Waals surface area (Å²) >= 11 is 0. The zero-order valence-corrected chi connectivity index (χ0v) is 19.6. The second-order valence-corrected chi connectivity index (χ2v) is 9.25. The van der Waals surface area contributed by atoms with Crippen LogP contribution in [0.5, 0.6) is 28.7 Å². The van der Waals surface area contributed by atoms with Crippen LogP contribution in [0.3, 0.4) is 0 Å². The molecule has 0 fully saturated rings. The summed E-state index contributed by atoms with van der Waals surface area (Å²) in [6.45, 7) is 1.62. The highest BCUT2D eigenvalue weighted by molar-refractivity contribution is 6.28. The first-order chi connectivity index (χ1) is 17.9. The third-order valence-electron chi connectivity index (χ3n) is 7.02. The molecule has 0 saturated heterocycles. The first kappa shape index (κ1) is 23.8. The number of phenols is 3. The summed E-state index contributed by atoms with van der Waals surface area (Å²) in [5.74, 6) is -11.8. The molecule has 0 bridgehead atoms. The van der Waals surface area contributed by atoms with Crippen LogP contribution in [0.15, 0.2) is 17.9 Å². The van der Waals surface area contributed by atoms with E-state index >= 15 is 0 Å². The van der Waals surface area contributed by atoms with Crippen molar-refractivity contribution in [2.75, 3.05) is 7.11 Å². The number of Topliss-reactive ketones (excluding diaryl/α,β-unsaturated/α-hetero) is 2. The predicted octanol–water partition coefficient (Wildman–Crippen LogP) is 0.572. The van der Waals surface area contributed by atoms with Crippen molar-refractivity contribution in [3.63, 3.8) is 0 Å². The normalized spacial score (nSPS) is 26.9. The standard InChI is InChI=1S/C25H18O13/c1-6-3-7-4-8-15(27)23(33)25(37-20(8)18(30)11(7)24(34)36-6)22(32)14-17(29)12-9(26)5-10(35-2)16(28)13(12)19(31)21(14)38-25/h4-6,15,23,27,29-31,33H,3H2,1-2H3/t6?,15-,23+,25?/m1/s1. The summed E-state index contributed by atoms with van der Waals surface area (Å²) in [5, 5.41) is 54.6. The maximum atomic E-state index is 13.6. The Morgan fingerprint density at radius 3 is 2.26 bits per heavy atom. The van der Waals surface area contributed by atoms with Crippen molar-refractivity contribution in [1.29, 1.82) is 0 Å². The molecule has 196 valence electrons.